The largest absolute Gasteiger partial charge is 0.357 e. The van der Waals surface area contributed by atoms with E-state index in [1.54, 1.807) is 56.3 Å². The number of carbonyl (C=O) groups is 1. The second-order valence-corrected chi connectivity index (χ2v) is 13.6. The highest BCUT2D eigenvalue weighted by Crippen LogP contribution is 2.59. The summed E-state index contributed by atoms with van der Waals surface area (Å²) in [7, 11) is -7.70. The Morgan fingerprint density at radius 1 is 1.10 bits per heavy atom. The molecule has 10 nitrogen and oxygen atoms in total. The van der Waals surface area contributed by atoms with Gasteiger partial charge in [-0.25, -0.2) is 18.2 Å². The molecule has 0 bridgehead atoms. The molecular formula is C25H26BrN4O6PS2. The first kappa shape index (κ1) is 29.3. The van der Waals surface area contributed by atoms with Gasteiger partial charge in [-0.15, -0.1) is 0 Å². The van der Waals surface area contributed by atoms with E-state index in [9.17, 15) is 17.8 Å². The van der Waals surface area contributed by atoms with Crippen LogP contribution in [-0.4, -0.2) is 37.3 Å². The van der Waals surface area contributed by atoms with Gasteiger partial charge in [0.15, 0.2) is 11.5 Å². The molecule has 14 heteroatoms. The highest BCUT2D eigenvalue weighted by Gasteiger charge is 2.39. The van der Waals surface area contributed by atoms with Gasteiger partial charge in [-0.1, -0.05) is 28.1 Å². The van der Waals surface area contributed by atoms with Crippen LogP contribution in [0.1, 0.15) is 35.7 Å². The smallest absolute Gasteiger partial charge is 0.333 e. The molecule has 0 aliphatic rings. The lowest BCUT2D eigenvalue weighted by Gasteiger charge is -2.27. The number of halogens is 1. The van der Waals surface area contributed by atoms with Gasteiger partial charge in [0.05, 0.1) is 29.5 Å². The minimum absolute atomic E-state index is 0.0478. The minimum Gasteiger partial charge on any atom is -0.333 e. The van der Waals surface area contributed by atoms with Gasteiger partial charge in [0.1, 0.15) is 0 Å². The van der Waals surface area contributed by atoms with Crippen molar-refractivity contribution in [2.45, 2.75) is 24.5 Å². The summed E-state index contributed by atoms with van der Waals surface area (Å²) in [4.78, 5) is 13.5. The number of aromatic nitrogens is 2. The van der Waals surface area contributed by atoms with E-state index in [0.29, 0.717) is 16.9 Å². The van der Waals surface area contributed by atoms with E-state index in [0.717, 1.165) is 10.0 Å². The Balaban J connectivity index is 1.75. The van der Waals surface area contributed by atoms with Gasteiger partial charge < -0.3 is 14.4 Å². The maximum Gasteiger partial charge on any atom is 0.357 e. The van der Waals surface area contributed by atoms with Crippen molar-refractivity contribution in [1.29, 1.82) is 0 Å². The normalized spacial score (nSPS) is 12.8. The molecule has 0 aliphatic heterocycles. The summed E-state index contributed by atoms with van der Waals surface area (Å²) in [5.74, 6) is -1.69. The third-order valence-electron chi connectivity index (χ3n) is 5.56. The Hall–Kier alpha value is -2.64. The molecule has 4 aromatic rings. The van der Waals surface area contributed by atoms with Crippen molar-refractivity contribution in [3.63, 3.8) is 0 Å². The predicted molar refractivity (Wildman–Crippen MR) is 153 cm³/mol. The van der Waals surface area contributed by atoms with Gasteiger partial charge in [-0.3, -0.25) is 9.36 Å². The van der Waals surface area contributed by atoms with E-state index >= 15 is 0 Å². The van der Waals surface area contributed by atoms with Crippen LogP contribution >= 0.6 is 34.9 Å². The molecule has 206 valence electrons. The van der Waals surface area contributed by atoms with Crippen LogP contribution < -0.4 is 10.5 Å². The standard InChI is InChI=1S/C25H26BrN4O6PS2/c1-3-35-37(32,36-4-2)25(17-5-7-19(26)8-6-17)28-24(31)22-15-23(18-13-14-38-16-18)30(29-22)20-9-11-21(12-10-20)39(27,33)34/h5-16,25H,3-4H2,1-2H3,(H,28,31)(H2,27,33,34). The number of carbonyl (C=O) groups excluding carboxylic acids is 1. The fourth-order valence-corrected chi connectivity index (χ4v) is 7.15. The fraction of sp³-hybridized carbons (Fsp3) is 0.200. The quantitative estimate of drug-likeness (QED) is 0.198. The Labute approximate surface area is 238 Å². The number of amides is 1. The molecule has 4 rings (SSSR count). The molecule has 1 unspecified atom stereocenters. The first-order valence-electron chi connectivity index (χ1n) is 11.8. The molecule has 3 N–H and O–H groups in total. The van der Waals surface area contributed by atoms with Gasteiger partial charge >= 0.3 is 7.60 Å². The number of hydrogen-bond donors (Lipinski definition) is 2. The third kappa shape index (κ3) is 6.75. The van der Waals surface area contributed by atoms with Crippen molar-refractivity contribution < 1.29 is 26.8 Å². The lowest BCUT2D eigenvalue weighted by molar-refractivity contribution is 0.0931. The van der Waals surface area contributed by atoms with Crippen molar-refractivity contribution in [2.75, 3.05) is 13.2 Å². The van der Waals surface area contributed by atoms with E-state index in [2.05, 4.69) is 26.3 Å². The average Bonchev–Trinajstić information content (AvgIpc) is 3.58. The first-order valence-corrected chi connectivity index (χ1v) is 16.7. The molecule has 0 spiro atoms. The molecule has 0 saturated carbocycles. The molecular weight excluding hydrogens is 627 g/mol. The van der Waals surface area contributed by atoms with Crippen molar-refractivity contribution in [2.24, 2.45) is 5.14 Å². The van der Waals surface area contributed by atoms with Gasteiger partial charge in [0.25, 0.3) is 5.91 Å². The topological polar surface area (TPSA) is 143 Å². The molecule has 2 heterocycles. The predicted octanol–water partition coefficient (Wildman–Crippen LogP) is 5.71. The highest BCUT2D eigenvalue weighted by molar-refractivity contribution is 9.10. The van der Waals surface area contributed by atoms with Gasteiger partial charge in [0.2, 0.25) is 10.0 Å². The van der Waals surface area contributed by atoms with Crippen molar-refractivity contribution in [1.82, 2.24) is 15.1 Å². The molecule has 1 atom stereocenters. The third-order valence-corrected chi connectivity index (χ3v) is 9.99. The first-order chi connectivity index (χ1) is 18.6. The number of sulfonamides is 1. The van der Waals surface area contributed by atoms with Crippen LogP contribution in [0.4, 0.5) is 0 Å². The maximum absolute atomic E-state index is 13.8. The highest BCUT2D eigenvalue weighted by atomic mass is 79.9. The van der Waals surface area contributed by atoms with Crippen LogP contribution in [0.5, 0.6) is 0 Å². The van der Waals surface area contributed by atoms with Crippen LogP contribution in [0.3, 0.4) is 0 Å². The van der Waals surface area contributed by atoms with E-state index < -0.39 is 29.3 Å². The summed E-state index contributed by atoms with van der Waals surface area (Å²) in [6.07, 6.45) is 0. The number of nitrogens with one attached hydrogen (secondary N) is 1. The Morgan fingerprint density at radius 2 is 1.74 bits per heavy atom. The second-order valence-electron chi connectivity index (χ2n) is 8.18. The summed E-state index contributed by atoms with van der Waals surface area (Å²) in [5.41, 5.74) is 2.51. The van der Waals surface area contributed by atoms with E-state index in [1.165, 1.54) is 28.2 Å². The summed E-state index contributed by atoms with van der Waals surface area (Å²) >= 11 is 4.86. The lowest BCUT2D eigenvalue weighted by Crippen LogP contribution is -2.30. The number of nitrogens with zero attached hydrogens (tertiary/aromatic N) is 2. The van der Waals surface area contributed by atoms with Gasteiger partial charge in [-0.05, 0) is 73.3 Å². The Bertz CT molecular complexity index is 1580. The molecule has 39 heavy (non-hydrogen) atoms. The van der Waals surface area contributed by atoms with E-state index in [-0.39, 0.29) is 23.8 Å². The van der Waals surface area contributed by atoms with Crippen molar-refractivity contribution in [3.05, 3.63) is 87.2 Å². The number of benzene rings is 2. The second kappa shape index (κ2) is 12.3. The van der Waals surface area contributed by atoms with E-state index in [4.69, 9.17) is 14.2 Å². The minimum atomic E-state index is -3.87. The summed E-state index contributed by atoms with van der Waals surface area (Å²) in [6.45, 7) is 3.63. The molecule has 0 fully saturated rings. The molecule has 0 aliphatic carbocycles. The zero-order valence-corrected chi connectivity index (χ0v) is 25.1. The Morgan fingerprint density at radius 3 is 2.28 bits per heavy atom. The average molecular weight is 654 g/mol. The monoisotopic (exact) mass is 652 g/mol. The van der Waals surface area contributed by atoms with Gasteiger partial charge in [0, 0.05) is 15.4 Å². The number of nitrogens with two attached hydrogens (primary N) is 1. The molecule has 0 radical (unpaired) electrons. The van der Waals surface area contributed by atoms with Crippen LogP contribution in [0, 0.1) is 0 Å². The summed E-state index contributed by atoms with van der Waals surface area (Å²) in [5, 5.41) is 16.3. The number of hydrogen-bond acceptors (Lipinski definition) is 8. The van der Waals surface area contributed by atoms with Crippen LogP contribution in [0.2, 0.25) is 0 Å². The Kier molecular flexibility index (Phi) is 9.22. The SMILES string of the molecule is CCOP(=O)(OCC)C(NC(=O)c1cc(-c2ccsc2)n(-c2ccc(S(N)(=O)=O)cc2)n1)c1ccc(Br)cc1. The number of rotatable bonds is 11. The van der Waals surface area contributed by atoms with Crippen LogP contribution in [0.15, 0.2) is 80.8 Å². The van der Waals surface area contributed by atoms with Crippen LogP contribution in [0.25, 0.3) is 16.9 Å². The molecule has 0 saturated heterocycles. The lowest BCUT2D eigenvalue weighted by atomic mass is 10.2. The summed E-state index contributed by atoms with van der Waals surface area (Å²) in [6, 6.07) is 16.3. The molecule has 2 aromatic heterocycles. The molecule has 1 amide bonds. The number of thiophene rings is 1. The fourth-order valence-electron chi connectivity index (χ4n) is 3.82. The van der Waals surface area contributed by atoms with E-state index in [1.807, 2.05) is 16.8 Å². The summed E-state index contributed by atoms with van der Waals surface area (Å²) < 4.78 is 50.7. The maximum atomic E-state index is 13.8. The molecule has 2 aromatic carbocycles. The number of primary sulfonamides is 1. The zero-order valence-electron chi connectivity index (χ0n) is 21.0. The zero-order chi connectivity index (χ0) is 28.2. The van der Waals surface area contributed by atoms with Gasteiger partial charge in [-0.2, -0.15) is 16.4 Å². The van der Waals surface area contributed by atoms with Crippen molar-refractivity contribution >= 4 is 50.8 Å². The van der Waals surface area contributed by atoms with Crippen molar-refractivity contribution in [3.8, 4) is 16.9 Å². The van der Waals surface area contributed by atoms with Crippen LogP contribution in [-0.2, 0) is 23.6 Å².